The third-order valence-electron chi connectivity index (χ3n) is 14.1. The largest absolute Gasteiger partial charge is 0.309 e. The molecule has 3 aliphatic heterocycles. The van der Waals surface area contributed by atoms with Gasteiger partial charge in [0.05, 0.1) is 54.9 Å². The fourth-order valence-electron chi connectivity index (χ4n) is 11.0. The topological polar surface area (TPSA) is 53.5 Å². The molecule has 14 rings (SSSR count). The number of nitrogens with zero attached hydrogens (tertiary/aromatic N) is 6. The highest BCUT2D eigenvalue weighted by atomic mass is 28.3. The molecular weight excluding hydrogens is 753 g/mol. The van der Waals surface area contributed by atoms with Crippen molar-refractivity contribution in [2.75, 3.05) is 0 Å². The van der Waals surface area contributed by atoms with Crippen LogP contribution in [0.1, 0.15) is 0 Å². The second-order valence-corrected chi connectivity index (χ2v) is 26.7. The Labute approximate surface area is 343 Å². The molecule has 7 heterocycles. The normalized spacial score (nSPS) is 18.9. The van der Waals surface area contributed by atoms with Crippen molar-refractivity contribution in [3.8, 4) is 29.0 Å². The van der Waals surface area contributed by atoms with E-state index in [-0.39, 0.29) is 0 Å². The number of hydrogen-bond acceptors (Lipinski definition) is 3. The van der Waals surface area contributed by atoms with E-state index in [0.717, 1.165) is 33.3 Å². The third kappa shape index (κ3) is 4.58. The van der Waals surface area contributed by atoms with E-state index in [4.69, 9.17) is 15.0 Å². The molecule has 0 unspecified atom stereocenters. The second kappa shape index (κ2) is 12.0. The lowest BCUT2D eigenvalue weighted by Crippen LogP contribution is -2.70. The summed E-state index contributed by atoms with van der Waals surface area (Å²) in [6.07, 6.45) is 0. The van der Waals surface area contributed by atoms with E-state index in [1.165, 1.54) is 67.5 Å². The molecular formula is C51H40N6Si2. The van der Waals surface area contributed by atoms with Crippen LogP contribution in [0, 0.1) is 0 Å². The SMILES string of the molecule is C[Si]12CC[Si](C)(CC1)c1cc(-n3c4ccccc4c4ccccc43)c(-c3nc(-n4c5ccccc5c5ccccc54)nc(-n4c5ccccc5c5ccccc54)n3)cc12. The minimum absolute atomic E-state index is 0.612. The summed E-state index contributed by atoms with van der Waals surface area (Å²) in [5.41, 5.74) is 8.92. The maximum Gasteiger partial charge on any atom is 0.240 e. The first-order chi connectivity index (χ1) is 29.0. The van der Waals surface area contributed by atoms with Gasteiger partial charge in [0.15, 0.2) is 5.82 Å². The lowest BCUT2D eigenvalue weighted by Gasteiger charge is -2.50. The van der Waals surface area contributed by atoms with E-state index >= 15 is 0 Å². The Balaban J connectivity index is 1.20. The molecule has 4 aromatic heterocycles. The van der Waals surface area contributed by atoms with Gasteiger partial charge in [0.25, 0.3) is 0 Å². The van der Waals surface area contributed by atoms with Crippen molar-refractivity contribution in [3.05, 3.63) is 158 Å². The standard InChI is InChI=1S/C51H40N6Si2/c1-58-27-29-59(2,30-28-58)48-32-46(55-40-21-9-3-15-33(40)34-16-4-10-22-41(34)55)39(31-47(48)58)49-52-50(56-42-23-11-5-17-35(42)36-18-6-12-24-43(36)56)54-51(53-49)57-44-25-13-7-19-37(44)38-20-8-14-26-45(38)57/h3-26,31-32H,27-30H2,1-2H3. The van der Waals surface area contributed by atoms with Gasteiger partial charge in [-0.3, -0.25) is 9.13 Å². The van der Waals surface area contributed by atoms with Crippen molar-refractivity contribution in [1.82, 2.24) is 28.7 Å². The van der Waals surface area contributed by atoms with Crippen molar-refractivity contribution < 1.29 is 0 Å². The van der Waals surface area contributed by atoms with Crippen LogP contribution in [0.25, 0.3) is 94.4 Å². The van der Waals surface area contributed by atoms with Crippen LogP contribution in [0.2, 0.25) is 37.3 Å². The quantitative estimate of drug-likeness (QED) is 0.167. The van der Waals surface area contributed by atoms with E-state index < -0.39 is 16.1 Å². The van der Waals surface area contributed by atoms with Gasteiger partial charge in [-0.1, -0.05) is 157 Å². The fourth-order valence-corrected chi connectivity index (χ4v) is 25.6. The molecule has 282 valence electrons. The Bertz CT molecular complexity index is 3270. The molecule has 3 aliphatic rings. The second-order valence-electron chi connectivity index (χ2n) is 17.4. The lowest BCUT2D eigenvalue weighted by molar-refractivity contribution is 0.892. The Morgan fingerprint density at radius 1 is 0.373 bits per heavy atom. The average Bonchev–Trinajstić information content (AvgIpc) is 3.93. The molecule has 59 heavy (non-hydrogen) atoms. The van der Waals surface area contributed by atoms with Gasteiger partial charge in [-0.25, -0.2) is 0 Å². The lowest BCUT2D eigenvalue weighted by atomic mass is 10.1. The van der Waals surface area contributed by atoms with Gasteiger partial charge in [0.1, 0.15) is 0 Å². The summed E-state index contributed by atoms with van der Waals surface area (Å²) in [4.78, 5) is 16.8. The monoisotopic (exact) mass is 792 g/mol. The zero-order valence-electron chi connectivity index (χ0n) is 33.0. The van der Waals surface area contributed by atoms with Crippen molar-refractivity contribution in [1.29, 1.82) is 0 Å². The number of hydrogen-bond donors (Lipinski definition) is 0. The summed E-state index contributed by atoms with van der Waals surface area (Å²) in [5.74, 6) is 1.92. The molecule has 11 aromatic rings. The van der Waals surface area contributed by atoms with Crippen molar-refractivity contribution in [2.45, 2.75) is 37.3 Å². The average molecular weight is 793 g/mol. The molecule has 0 spiro atoms. The minimum Gasteiger partial charge on any atom is -0.309 e. The first-order valence-electron chi connectivity index (χ1n) is 20.9. The van der Waals surface area contributed by atoms with Crippen LogP contribution in [-0.2, 0) is 0 Å². The van der Waals surface area contributed by atoms with Crippen LogP contribution >= 0.6 is 0 Å². The fraction of sp³-hybridized carbons (Fsp3) is 0.118. The first-order valence-corrected chi connectivity index (χ1v) is 26.7. The molecule has 0 radical (unpaired) electrons. The third-order valence-corrected chi connectivity index (χ3v) is 24.2. The van der Waals surface area contributed by atoms with Gasteiger partial charge in [-0.2, -0.15) is 15.0 Å². The van der Waals surface area contributed by atoms with Crippen molar-refractivity contribution in [3.63, 3.8) is 0 Å². The maximum atomic E-state index is 5.64. The van der Waals surface area contributed by atoms with Crippen molar-refractivity contribution >= 4 is 91.9 Å². The molecule has 8 heteroatoms. The van der Waals surface area contributed by atoms with Crippen LogP contribution in [-0.4, -0.2) is 44.8 Å². The minimum atomic E-state index is -1.73. The molecule has 0 saturated carbocycles. The summed E-state index contributed by atoms with van der Waals surface area (Å²) in [5, 5.41) is 10.5. The van der Waals surface area contributed by atoms with Gasteiger partial charge in [-0.05, 0) is 48.5 Å². The van der Waals surface area contributed by atoms with Gasteiger partial charge in [0.2, 0.25) is 11.9 Å². The summed E-state index contributed by atoms with van der Waals surface area (Å²) >= 11 is 0. The van der Waals surface area contributed by atoms with Crippen LogP contribution in [0.3, 0.4) is 0 Å². The van der Waals surface area contributed by atoms with E-state index in [0.29, 0.717) is 17.7 Å². The molecule has 0 N–H and O–H groups in total. The van der Waals surface area contributed by atoms with E-state index in [1.807, 2.05) is 0 Å². The van der Waals surface area contributed by atoms with Gasteiger partial charge < -0.3 is 4.57 Å². The number of para-hydroxylation sites is 6. The highest BCUT2D eigenvalue weighted by molar-refractivity contribution is 7.08. The highest BCUT2D eigenvalue weighted by Crippen LogP contribution is 2.43. The number of benzene rings is 7. The van der Waals surface area contributed by atoms with E-state index in [9.17, 15) is 0 Å². The molecule has 6 nitrogen and oxygen atoms in total. The molecule has 1 saturated heterocycles. The Morgan fingerprint density at radius 3 is 1.03 bits per heavy atom. The summed E-state index contributed by atoms with van der Waals surface area (Å²) in [6.45, 7) is 5.29. The van der Waals surface area contributed by atoms with Crippen molar-refractivity contribution in [2.24, 2.45) is 0 Å². The van der Waals surface area contributed by atoms with E-state index in [1.54, 1.807) is 10.4 Å². The molecule has 1 fully saturated rings. The Morgan fingerprint density at radius 2 is 0.678 bits per heavy atom. The molecule has 0 amide bonds. The van der Waals surface area contributed by atoms with Gasteiger partial charge >= 0.3 is 0 Å². The van der Waals surface area contributed by atoms with Gasteiger partial charge in [-0.15, -0.1) is 0 Å². The molecule has 2 bridgehead atoms. The maximum absolute atomic E-state index is 5.64. The van der Waals surface area contributed by atoms with Gasteiger partial charge in [0, 0.05) is 37.9 Å². The highest BCUT2D eigenvalue weighted by Gasteiger charge is 2.50. The summed E-state index contributed by atoms with van der Waals surface area (Å²) in [7, 11) is -3.41. The summed E-state index contributed by atoms with van der Waals surface area (Å²) in [6, 6.07) is 63.0. The smallest absolute Gasteiger partial charge is 0.240 e. The Kier molecular flexibility index (Phi) is 6.77. The molecule has 7 aromatic carbocycles. The zero-order chi connectivity index (χ0) is 39.0. The predicted molar refractivity (Wildman–Crippen MR) is 250 cm³/mol. The zero-order valence-corrected chi connectivity index (χ0v) is 35.0. The predicted octanol–water partition coefficient (Wildman–Crippen LogP) is 11.4. The Hall–Kier alpha value is -6.62. The molecule has 0 aliphatic carbocycles. The van der Waals surface area contributed by atoms with E-state index in [2.05, 4.69) is 185 Å². The number of fused-ring (bicyclic) bond motifs is 11. The summed E-state index contributed by atoms with van der Waals surface area (Å²) < 4.78 is 7.00. The molecule has 0 atom stereocenters. The first kappa shape index (κ1) is 33.4. The number of rotatable bonds is 4. The van der Waals surface area contributed by atoms with Crippen LogP contribution in [0.5, 0.6) is 0 Å². The van der Waals surface area contributed by atoms with Crippen LogP contribution < -0.4 is 10.4 Å². The van der Waals surface area contributed by atoms with Crippen LogP contribution in [0.4, 0.5) is 0 Å². The number of aromatic nitrogens is 6. The van der Waals surface area contributed by atoms with Crippen LogP contribution in [0.15, 0.2) is 158 Å².